The minimum absolute atomic E-state index is 0.0371. The number of alkyl halides is 1. The maximum Gasteiger partial charge on any atom is 0.231 e. The number of halogens is 1. The molecule has 2 aliphatic carbocycles. The summed E-state index contributed by atoms with van der Waals surface area (Å²) in [6, 6.07) is 13.1. The van der Waals surface area contributed by atoms with Gasteiger partial charge in [0.2, 0.25) is 11.8 Å². The van der Waals surface area contributed by atoms with E-state index in [-0.39, 0.29) is 30.4 Å². The van der Waals surface area contributed by atoms with E-state index in [4.69, 9.17) is 0 Å². The van der Waals surface area contributed by atoms with E-state index in [2.05, 4.69) is 20.6 Å². The summed E-state index contributed by atoms with van der Waals surface area (Å²) in [5.41, 5.74) is 3.27. The van der Waals surface area contributed by atoms with Crippen molar-refractivity contribution < 1.29 is 18.8 Å². The zero-order valence-corrected chi connectivity index (χ0v) is 21.9. The Labute approximate surface area is 226 Å². The zero-order chi connectivity index (χ0) is 27.1. The van der Waals surface area contributed by atoms with E-state index in [0.717, 1.165) is 38.0 Å². The van der Waals surface area contributed by atoms with E-state index in [0.29, 0.717) is 40.4 Å². The Morgan fingerprint density at radius 3 is 2.56 bits per heavy atom. The molecule has 8 nitrogen and oxygen atoms in total. The highest BCUT2D eigenvalue weighted by atomic mass is 19.1. The molecule has 3 heterocycles. The molecule has 1 aromatic carbocycles. The number of nitrogens with zero attached hydrogens (tertiary/aromatic N) is 2. The number of anilines is 3. The number of hydrogen-bond donors (Lipinski definition) is 3. The number of aromatic amines is 1. The number of H-pyrrole nitrogens is 1. The predicted molar refractivity (Wildman–Crippen MR) is 147 cm³/mol. The first kappa shape index (κ1) is 25.3. The molecule has 39 heavy (non-hydrogen) atoms. The molecular formula is C30H32FN5O3. The largest absolute Gasteiger partial charge is 0.356 e. The van der Waals surface area contributed by atoms with Crippen LogP contribution >= 0.6 is 0 Å². The molecule has 3 aromatic rings. The first-order valence-electron chi connectivity index (χ1n) is 13.6. The fraction of sp³-hybridized carbons (Fsp3) is 0.400. The summed E-state index contributed by atoms with van der Waals surface area (Å²) in [5, 5.41) is 6.13. The van der Waals surface area contributed by atoms with Crippen LogP contribution in [0.1, 0.15) is 55.1 Å². The lowest BCUT2D eigenvalue weighted by Gasteiger charge is -2.38. The Morgan fingerprint density at radius 1 is 1.10 bits per heavy atom. The SMILES string of the molecule is C[C@@]1(C(=O)N2CCCCC2)CC(=O)c2c([nH]c(-c3ccnc(NC(=O)[C@@H]4C[C@@H]4F)c3)c2Nc2ccccc2)C1. The molecule has 3 aliphatic rings. The summed E-state index contributed by atoms with van der Waals surface area (Å²) in [7, 11) is 0. The van der Waals surface area contributed by atoms with Crippen molar-refractivity contribution in [2.24, 2.45) is 11.3 Å². The number of ketones is 1. The van der Waals surface area contributed by atoms with Gasteiger partial charge in [-0.1, -0.05) is 18.2 Å². The number of para-hydroxylation sites is 1. The molecule has 0 bridgehead atoms. The number of hydrogen-bond acceptors (Lipinski definition) is 5. The summed E-state index contributed by atoms with van der Waals surface area (Å²) in [6.07, 6.45) is 4.37. The van der Waals surface area contributed by atoms with Crippen molar-refractivity contribution in [3.63, 3.8) is 0 Å². The van der Waals surface area contributed by atoms with E-state index in [1.165, 1.54) is 0 Å². The number of amides is 2. The normalized spacial score (nSPS) is 24.2. The van der Waals surface area contributed by atoms with Gasteiger partial charge in [0.15, 0.2) is 5.78 Å². The fourth-order valence-corrected chi connectivity index (χ4v) is 5.83. The van der Waals surface area contributed by atoms with Gasteiger partial charge in [0.05, 0.1) is 28.3 Å². The molecule has 2 fully saturated rings. The molecule has 1 aliphatic heterocycles. The van der Waals surface area contributed by atoms with E-state index in [1.54, 1.807) is 18.3 Å². The van der Waals surface area contributed by atoms with Gasteiger partial charge in [-0.05, 0) is 56.9 Å². The van der Waals surface area contributed by atoms with Crippen molar-refractivity contribution in [2.75, 3.05) is 23.7 Å². The van der Waals surface area contributed by atoms with Crippen molar-refractivity contribution in [1.29, 1.82) is 0 Å². The number of nitrogens with one attached hydrogen (secondary N) is 3. The Balaban J connectivity index is 1.37. The molecule has 9 heteroatoms. The predicted octanol–water partition coefficient (Wildman–Crippen LogP) is 5.26. The summed E-state index contributed by atoms with van der Waals surface area (Å²) < 4.78 is 13.4. The van der Waals surface area contributed by atoms with Crippen molar-refractivity contribution in [3.8, 4) is 11.3 Å². The van der Waals surface area contributed by atoms with Crippen LogP contribution < -0.4 is 10.6 Å². The van der Waals surface area contributed by atoms with Gasteiger partial charge in [0, 0.05) is 49.1 Å². The van der Waals surface area contributed by atoms with Gasteiger partial charge in [-0.15, -0.1) is 0 Å². The maximum atomic E-state index is 13.7. The Hall–Kier alpha value is -4.01. The molecule has 2 amide bonds. The third kappa shape index (κ3) is 4.93. The van der Waals surface area contributed by atoms with Crippen LogP contribution in [0, 0.1) is 11.3 Å². The third-order valence-electron chi connectivity index (χ3n) is 8.03. The van der Waals surface area contributed by atoms with Crippen LogP contribution in [-0.4, -0.2) is 51.7 Å². The van der Waals surface area contributed by atoms with Crippen LogP contribution in [0.5, 0.6) is 0 Å². The number of carbonyl (C=O) groups excluding carboxylic acids is 3. The second kappa shape index (κ2) is 9.94. The van der Waals surface area contributed by atoms with E-state index >= 15 is 0 Å². The molecule has 2 aromatic heterocycles. The third-order valence-corrected chi connectivity index (χ3v) is 8.03. The summed E-state index contributed by atoms with van der Waals surface area (Å²) in [5.74, 6) is -0.754. The lowest BCUT2D eigenvalue weighted by molar-refractivity contribution is -0.142. The molecule has 1 saturated carbocycles. The van der Waals surface area contributed by atoms with Gasteiger partial charge < -0.3 is 20.5 Å². The first-order chi connectivity index (χ1) is 18.8. The van der Waals surface area contributed by atoms with Gasteiger partial charge in [-0.2, -0.15) is 0 Å². The van der Waals surface area contributed by atoms with Gasteiger partial charge in [-0.25, -0.2) is 9.37 Å². The number of Topliss-reactive ketones (excluding diaryl/α,β-unsaturated/α-hetero) is 1. The van der Waals surface area contributed by atoms with E-state index in [1.807, 2.05) is 42.2 Å². The summed E-state index contributed by atoms with van der Waals surface area (Å²) in [4.78, 5) is 49.2. The van der Waals surface area contributed by atoms with Crippen molar-refractivity contribution >= 4 is 34.8 Å². The molecule has 0 unspecified atom stereocenters. The van der Waals surface area contributed by atoms with Crippen LogP contribution in [0.15, 0.2) is 48.7 Å². The topological polar surface area (TPSA) is 107 Å². The number of piperidine rings is 1. The second-order valence-corrected chi connectivity index (χ2v) is 11.2. The molecule has 0 radical (unpaired) electrons. The molecule has 1 saturated heterocycles. The van der Waals surface area contributed by atoms with E-state index in [9.17, 15) is 18.8 Å². The highest BCUT2D eigenvalue weighted by Crippen LogP contribution is 2.44. The lowest BCUT2D eigenvalue weighted by Crippen LogP contribution is -2.48. The van der Waals surface area contributed by atoms with Crippen LogP contribution in [-0.2, 0) is 16.0 Å². The summed E-state index contributed by atoms with van der Waals surface area (Å²) in [6.45, 7) is 3.37. The molecule has 202 valence electrons. The monoisotopic (exact) mass is 529 g/mol. The Bertz CT molecular complexity index is 1430. The smallest absolute Gasteiger partial charge is 0.231 e. The van der Waals surface area contributed by atoms with Crippen LogP contribution in [0.4, 0.5) is 21.6 Å². The number of fused-ring (bicyclic) bond motifs is 1. The minimum atomic E-state index is -1.10. The zero-order valence-electron chi connectivity index (χ0n) is 21.9. The van der Waals surface area contributed by atoms with Crippen molar-refractivity contribution in [3.05, 3.63) is 59.9 Å². The quantitative estimate of drug-likeness (QED) is 0.404. The molecule has 3 N–H and O–H groups in total. The number of aromatic nitrogens is 2. The molecular weight excluding hydrogens is 497 g/mol. The Morgan fingerprint density at radius 2 is 1.85 bits per heavy atom. The van der Waals surface area contributed by atoms with E-state index < -0.39 is 17.5 Å². The highest BCUT2D eigenvalue weighted by molar-refractivity contribution is 6.10. The summed E-state index contributed by atoms with van der Waals surface area (Å²) >= 11 is 0. The molecule has 3 atom stereocenters. The van der Waals surface area contributed by atoms with Gasteiger partial charge in [0.25, 0.3) is 0 Å². The average Bonchev–Trinajstić information content (AvgIpc) is 3.57. The first-order valence-corrected chi connectivity index (χ1v) is 13.6. The Kier molecular flexibility index (Phi) is 6.45. The van der Waals surface area contributed by atoms with Gasteiger partial charge in [-0.3, -0.25) is 14.4 Å². The maximum absolute atomic E-state index is 13.7. The lowest BCUT2D eigenvalue weighted by atomic mass is 9.73. The number of rotatable bonds is 6. The fourth-order valence-electron chi connectivity index (χ4n) is 5.83. The number of carbonyl (C=O) groups is 3. The number of likely N-dealkylation sites (tertiary alicyclic amines) is 1. The van der Waals surface area contributed by atoms with Gasteiger partial charge >= 0.3 is 0 Å². The number of benzene rings is 1. The van der Waals surface area contributed by atoms with Gasteiger partial charge in [0.1, 0.15) is 12.0 Å². The second-order valence-electron chi connectivity index (χ2n) is 11.2. The van der Waals surface area contributed by atoms with Crippen molar-refractivity contribution in [1.82, 2.24) is 14.9 Å². The molecule has 0 spiro atoms. The van der Waals surface area contributed by atoms with Crippen molar-refractivity contribution in [2.45, 2.75) is 51.6 Å². The molecule has 6 rings (SSSR count). The minimum Gasteiger partial charge on any atom is -0.356 e. The standard InChI is InChI=1S/C30H32FN5O3/c1-30(29(39)36-12-6-3-7-13-36)16-22-25(23(37)17-30)27(33-19-8-4-2-5-9-19)26(34-22)18-10-11-32-24(14-18)35-28(38)20-15-21(20)31/h2,4-5,8-11,14,20-21,33-34H,3,6-7,12-13,15-17H2,1H3,(H,32,35,38)/t20-,21+,30+/m1/s1. The van der Waals surface area contributed by atoms with Crippen LogP contribution in [0.2, 0.25) is 0 Å². The number of pyridine rings is 1. The van der Waals surface area contributed by atoms with Crippen LogP contribution in [0.25, 0.3) is 11.3 Å². The van der Waals surface area contributed by atoms with Crippen LogP contribution in [0.3, 0.4) is 0 Å². The highest BCUT2D eigenvalue weighted by Gasteiger charge is 2.46. The average molecular weight is 530 g/mol.